The predicted molar refractivity (Wildman–Crippen MR) is 259 cm³/mol. The molecule has 0 atom stereocenters. The second kappa shape index (κ2) is 17.1. The van der Waals surface area contributed by atoms with E-state index >= 15 is 0 Å². The van der Waals surface area contributed by atoms with Crippen LogP contribution in [0.4, 0.5) is 0 Å². The van der Waals surface area contributed by atoms with Crippen LogP contribution < -0.4 is 0 Å². The number of benzene rings is 7. The SMILES string of the molecule is [2H]c1nc(-c2[c-]c(-c3cccc4c3nc(-c3cc(C)cc(C)c3O)n4-c3cc(-c4ccccc4)cc(C(C)(C)C)c3)cc(-c3ccccc3)c2)c([2H])c(-c2c([2H])c([2H])c(C(C([2H])([2H])[2H])(C([2H])([2H])[2H])C([2H])([2H])[2H])c([2H])c2[2H])c1[2H].[Pt]. The number of para-hydroxylation sites is 1. The van der Waals surface area contributed by atoms with Crippen LogP contribution in [0.3, 0.4) is 0 Å². The van der Waals surface area contributed by atoms with Gasteiger partial charge in [0.1, 0.15) is 11.6 Å². The quantitative estimate of drug-likeness (QED) is 0.162. The number of rotatable bonds is 7. The zero-order valence-corrected chi connectivity index (χ0v) is 37.4. The molecule has 0 aliphatic heterocycles. The first-order chi connectivity index (χ1) is 36.4. The Kier molecular flexibility index (Phi) is 7.50. The fraction of sp³-hybridized carbons (Fsp3) is 0.172. The molecule has 0 amide bonds. The summed E-state index contributed by atoms with van der Waals surface area (Å²) in [6.45, 7) is -1.60. The number of phenols is 1. The van der Waals surface area contributed by atoms with Crippen molar-refractivity contribution >= 4 is 11.0 Å². The Labute approximate surface area is 409 Å². The minimum Gasteiger partial charge on any atom is -0.507 e. The molecule has 63 heavy (non-hydrogen) atoms. The Morgan fingerprint density at radius 1 is 0.619 bits per heavy atom. The molecule has 0 unspecified atom stereocenters. The summed E-state index contributed by atoms with van der Waals surface area (Å²) in [4.78, 5) is 9.75. The molecule has 2 aromatic heterocycles. The van der Waals surface area contributed by atoms with E-state index in [1.54, 1.807) is 6.07 Å². The number of nitrogens with zero attached hydrogens (tertiary/aromatic N) is 3. The molecule has 316 valence electrons. The van der Waals surface area contributed by atoms with Crippen LogP contribution >= 0.6 is 0 Å². The second-order valence-electron chi connectivity index (χ2n) is 16.6. The van der Waals surface area contributed by atoms with Crippen LogP contribution in [0.2, 0.25) is 0 Å². The van der Waals surface area contributed by atoms with Gasteiger partial charge in [0.2, 0.25) is 0 Å². The molecule has 4 nitrogen and oxygen atoms in total. The number of hydrogen-bond donors (Lipinski definition) is 1. The van der Waals surface area contributed by atoms with E-state index in [2.05, 4.69) is 50.0 Å². The van der Waals surface area contributed by atoms with Crippen LogP contribution in [0.25, 0.3) is 83.9 Å². The average molecular weight is 1020 g/mol. The molecule has 5 heteroatoms. The third-order valence-corrected chi connectivity index (χ3v) is 10.9. The number of fused-ring (bicyclic) bond motifs is 1. The number of pyridine rings is 1. The summed E-state index contributed by atoms with van der Waals surface area (Å²) < 4.78 is 140. The monoisotopic (exact) mass is 1020 g/mol. The summed E-state index contributed by atoms with van der Waals surface area (Å²) in [5, 5.41) is 11.9. The standard InChI is InChI=1S/C58H52N3O.Pt/c1-37-28-38(2)55(62)51(29-37)56-60-54-50(20-15-21-53(54)61(56)49-34-44(40-18-13-10-14-19-40)33-48(36-49)58(6,7)8)45-30-43(39-16-11-9-12-17-39)31-46(32-45)52-35-42(26-27-59-52)41-22-24-47(25-23-41)57(3,4)5;/h9-31,33-36,62H,1-8H3;/q-1;/i3D3,4D3,5D3,22D,23D,24D,25D,26D,27D,35D;. The number of phenolic OH excluding ortho intramolecular Hbond substituents is 1. The number of aromatic nitrogens is 3. The second-order valence-corrected chi connectivity index (χ2v) is 16.6. The van der Waals surface area contributed by atoms with Gasteiger partial charge in [-0.25, -0.2) is 4.98 Å². The molecule has 0 aliphatic rings. The first-order valence-corrected chi connectivity index (χ1v) is 20.1. The first kappa shape index (κ1) is 27.7. The van der Waals surface area contributed by atoms with Crippen molar-refractivity contribution in [2.24, 2.45) is 0 Å². The van der Waals surface area contributed by atoms with Crippen molar-refractivity contribution in [3.63, 3.8) is 0 Å². The van der Waals surface area contributed by atoms with E-state index in [1.165, 1.54) is 0 Å². The Morgan fingerprint density at radius 3 is 1.95 bits per heavy atom. The maximum absolute atomic E-state index is 11.9. The van der Waals surface area contributed by atoms with Crippen LogP contribution in [0.15, 0.2) is 164 Å². The molecule has 9 rings (SSSR count). The van der Waals surface area contributed by atoms with Gasteiger partial charge < -0.3 is 5.11 Å². The molecule has 0 saturated carbocycles. The van der Waals surface area contributed by atoms with Gasteiger partial charge in [0, 0.05) is 51.0 Å². The Hall–Kier alpha value is -6.35. The van der Waals surface area contributed by atoms with Gasteiger partial charge in [0.15, 0.2) is 0 Å². The predicted octanol–water partition coefficient (Wildman–Crippen LogP) is 15.1. The summed E-state index contributed by atoms with van der Waals surface area (Å²) in [6, 6.07) is 35.6. The summed E-state index contributed by atoms with van der Waals surface area (Å²) in [5.41, 5.74) is 2.04. The number of aryl methyl sites for hydroxylation is 2. The fourth-order valence-corrected chi connectivity index (χ4v) is 7.69. The molecule has 0 aliphatic carbocycles. The molecule has 7 aromatic carbocycles. The van der Waals surface area contributed by atoms with E-state index in [9.17, 15) is 6.48 Å². The van der Waals surface area contributed by atoms with Gasteiger partial charge in [0.05, 0.1) is 26.2 Å². The van der Waals surface area contributed by atoms with E-state index in [4.69, 9.17) is 25.5 Å². The molecular weight excluding hydrogens is 950 g/mol. The van der Waals surface area contributed by atoms with E-state index in [0.717, 1.165) is 27.9 Å². The molecule has 0 spiro atoms. The molecule has 2 heterocycles. The average Bonchev–Trinajstić information content (AvgIpc) is 3.92. The molecule has 0 saturated heterocycles. The third-order valence-electron chi connectivity index (χ3n) is 10.9. The minimum atomic E-state index is -3.93. The van der Waals surface area contributed by atoms with Crippen molar-refractivity contribution in [2.75, 3.05) is 0 Å². The van der Waals surface area contributed by atoms with Gasteiger partial charge in [-0.15, -0.1) is 23.8 Å². The first-order valence-electron chi connectivity index (χ1n) is 28.1. The normalized spacial score (nSPS) is 16.0. The van der Waals surface area contributed by atoms with Crippen molar-refractivity contribution < 1.29 is 48.1 Å². The van der Waals surface area contributed by atoms with Crippen molar-refractivity contribution in [2.45, 2.75) is 66.0 Å². The number of aromatic hydroxyl groups is 1. The molecule has 1 N–H and O–H groups in total. The van der Waals surface area contributed by atoms with Gasteiger partial charge in [-0.1, -0.05) is 173 Å². The van der Waals surface area contributed by atoms with Crippen LogP contribution in [0.5, 0.6) is 5.75 Å². The number of hydrogen-bond acceptors (Lipinski definition) is 3. The van der Waals surface area contributed by atoms with Gasteiger partial charge in [0.25, 0.3) is 0 Å². The molecule has 0 bridgehead atoms. The minimum absolute atomic E-state index is 0. The molecule has 0 fully saturated rings. The molecule has 0 radical (unpaired) electrons. The van der Waals surface area contributed by atoms with Gasteiger partial charge in [-0.3, -0.25) is 9.55 Å². The molecular formula is C58H52N3OPt-. The molecule has 9 aromatic rings. The Bertz CT molecular complexity index is 3800. The van der Waals surface area contributed by atoms with Crippen molar-refractivity contribution in [3.05, 3.63) is 192 Å². The zero-order valence-electron chi connectivity index (χ0n) is 51.2. The van der Waals surface area contributed by atoms with Crippen LogP contribution in [-0.4, -0.2) is 19.6 Å². The summed E-state index contributed by atoms with van der Waals surface area (Å²) in [6.07, 6.45) is -0.759. The van der Waals surface area contributed by atoms with Crippen LogP contribution in [0.1, 0.15) is 85.5 Å². The fourth-order valence-electron chi connectivity index (χ4n) is 7.69. The van der Waals surface area contributed by atoms with Gasteiger partial charge >= 0.3 is 0 Å². The van der Waals surface area contributed by atoms with Gasteiger partial charge in [-0.2, -0.15) is 0 Å². The Morgan fingerprint density at radius 2 is 1.29 bits per heavy atom. The maximum atomic E-state index is 11.9. The maximum Gasteiger partial charge on any atom is 0.148 e. The van der Waals surface area contributed by atoms with E-state index in [1.807, 2.05) is 115 Å². The van der Waals surface area contributed by atoms with Crippen molar-refractivity contribution in [1.29, 1.82) is 0 Å². The smallest absolute Gasteiger partial charge is 0.148 e. The topological polar surface area (TPSA) is 50.9 Å². The van der Waals surface area contributed by atoms with Crippen molar-refractivity contribution in [3.8, 4) is 78.6 Å². The number of imidazole rings is 1. The van der Waals surface area contributed by atoms with E-state index in [-0.39, 0.29) is 43.5 Å². The summed E-state index contributed by atoms with van der Waals surface area (Å²) in [5.74, 6) is 0.487. The summed E-state index contributed by atoms with van der Waals surface area (Å²) >= 11 is 0. The van der Waals surface area contributed by atoms with Gasteiger partial charge in [-0.05, 0) is 105 Å². The zero-order chi connectivity index (χ0) is 56.9. The Balaban J connectivity index is 0.00000822. The third kappa shape index (κ3) is 8.70. The van der Waals surface area contributed by atoms with E-state index in [0.29, 0.717) is 50.2 Å². The largest absolute Gasteiger partial charge is 0.507 e. The summed E-state index contributed by atoms with van der Waals surface area (Å²) in [7, 11) is 0. The van der Waals surface area contributed by atoms with Crippen molar-refractivity contribution in [1.82, 2.24) is 14.5 Å². The van der Waals surface area contributed by atoms with E-state index < -0.39 is 85.1 Å². The van der Waals surface area contributed by atoms with Crippen LogP contribution in [-0.2, 0) is 31.9 Å². The van der Waals surface area contributed by atoms with Crippen LogP contribution in [0, 0.1) is 19.9 Å².